The van der Waals surface area contributed by atoms with E-state index in [1.54, 1.807) is 24.0 Å². The van der Waals surface area contributed by atoms with Crippen molar-refractivity contribution in [2.45, 2.75) is 19.8 Å². The highest BCUT2D eigenvalue weighted by Gasteiger charge is 2.27. The molecule has 1 aliphatic carbocycles. The molecule has 0 unspecified atom stereocenters. The number of aryl methyl sites for hydroxylation is 1. The summed E-state index contributed by atoms with van der Waals surface area (Å²) in [5.41, 5.74) is 1.11. The second-order valence-corrected chi connectivity index (χ2v) is 5.26. The summed E-state index contributed by atoms with van der Waals surface area (Å²) in [6.45, 7) is 2.59. The third-order valence-electron chi connectivity index (χ3n) is 3.48. The van der Waals surface area contributed by atoms with E-state index in [9.17, 15) is 14.7 Å². The number of rotatable bonds is 5. The van der Waals surface area contributed by atoms with Gasteiger partial charge in [-0.25, -0.2) is 9.59 Å². The number of urea groups is 1. The van der Waals surface area contributed by atoms with Crippen LogP contribution in [0, 0.1) is 25.2 Å². The Balaban J connectivity index is 2.17. The lowest BCUT2D eigenvalue weighted by atomic mass is 10.1. The van der Waals surface area contributed by atoms with E-state index in [4.69, 9.17) is 6.42 Å². The number of anilines is 1. The molecule has 1 aromatic rings. The number of aromatic carboxylic acids is 1. The Kier molecular flexibility index (Phi) is 4.49. The van der Waals surface area contributed by atoms with E-state index in [0.29, 0.717) is 23.7 Å². The molecule has 0 atom stereocenters. The van der Waals surface area contributed by atoms with Gasteiger partial charge in [0, 0.05) is 6.54 Å². The predicted molar refractivity (Wildman–Crippen MR) is 80.3 cm³/mol. The van der Waals surface area contributed by atoms with Crippen LogP contribution in [-0.4, -0.2) is 35.1 Å². The molecule has 1 aromatic carbocycles. The van der Waals surface area contributed by atoms with Gasteiger partial charge in [-0.05, 0) is 37.3 Å². The maximum Gasteiger partial charge on any atom is 0.337 e. The minimum absolute atomic E-state index is 0.0791. The summed E-state index contributed by atoms with van der Waals surface area (Å²) in [5.74, 6) is 1.91. The topological polar surface area (TPSA) is 69.6 Å². The van der Waals surface area contributed by atoms with Gasteiger partial charge in [-0.2, -0.15) is 0 Å². The van der Waals surface area contributed by atoms with Crippen molar-refractivity contribution in [1.82, 2.24) is 4.90 Å². The van der Waals surface area contributed by atoms with Gasteiger partial charge >= 0.3 is 12.0 Å². The second kappa shape index (κ2) is 6.31. The summed E-state index contributed by atoms with van der Waals surface area (Å²) in [6, 6.07) is 4.53. The summed E-state index contributed by atoms with van der Waals surface area (Å²) in [6.07, 6.45) is 7.52. The van der Waals surface area contributed by atoms with Gasteiger partial charge in [0.25, 0.3) is 0 Å². The van der Waals surface area contributed by atoms with Gasteiger partial charge in [-0.1, -0.05) is 18.1 Å². The molecular formula is C16H18N2O3. The SMILES string of the molecule is C#CCN(CC1CC1)C(=O)Nc1c(C)cccc1C(=O)O. The molecule has 0 bridgehead atoms. The van der Waals surface area contributed by atoms with Crippen LogP contribution < -0.4 is 5.32 Å². The van der Waals surface area contributed by atoms with Crippen LogP contribution in [0.3, 0.4) is 0 Å². The Bertz CT molecular complexity index is 600. The maximum atomic E-state index is 12.3. The number of benzene rings is 1. The number of hydrogen-bond donors (Lipinski definition) is 2. The van der Waals surface area contributed by atoms with Crippen LogP contribution in [0.15, 0.2) is 18.2 Å². The Morgan fingerprint density at radius 1 is 1.48 bits per heavy atom. The molecule has 21 heavy (non-hydrogen) atoms. The first-order valence-corrected chi connectivity index (χ1v) is 6.85. The van der Waals surface area contributed by atoms with Gasteiger partial charge in [-0.15, -0.1) is 6.42 Å². The molecule has 1 aliphatic rings. The fourth-order valence-corrected chi connectivity index (χ4v) is 2.14. The highest BCUT2D eigenvalue weighted by molar-refractivity contribution is 6.01. The van der Waals surface area contributed by atoms with Crippen LogP contribution >= 0.6 is 0 Å². The Labute approximate surface area is 124 Å². The van der Waals surface area contributed by atoms with E-state index in [0.717, 1.165) is 12.8 Å². The average molecular weight is 286 g/mol. The molecule has 2 amide bonds. The van der Waals surface area contributed by atoms with Gasteiger partial charge in [0.05, 0.1) is 17.8 Å². The number of nitrogens with one attached hydrogen (secondary N) is 1. The molecule has 0 aliphatic heterocycles. The van der Waals surface area contributed by atoms with Crippen molar-refractivity contribution in [1.29, 1.82) is 0 Å². The number of terminal acetylenes is 1. The molecule has 5 heteroatoms. The van der Waals surface area contributed by atoms with E-state index >= 15 is 0 Å². The minimum Gasteiger partial charge on any atom is -0.478 e. The molecular weight excluding hydrogens is 268 g/mol. The molecule has 2 rings (SSSR count). The number of para-hydroxylation sites is 1. The zero-order valence-corrected chi connectivity index (χ0v) is 11.9. The van der Waals surface area contributed by atoms with Crippen molar-refractivity contribution in [3.8, 4) is 12.3 Å². The Morgan fingerprint density at radius 3 is 2.76 bits per heavy atom. The minimum atomic E-state index is -1.07. The number of carboxylic acids is 1. The lowest BCUT2D eigenvalue weighted by molar-refractivity contribution is 0.0698. The molecule has 5 nitrogen and oxygen atoms in total. The van der Waals surface area contributed by atoms with Gasteiger partial charge in [-0.3, -0.25) is 0 Å². The highest BCUT2D eigenvalue weighted by atomic mass is 16.4. The van der Waals surface area contributed by atoms with Crippen LogP contribution in [0.2, 0.25) is 0 Å². The van der Waals surface area contributed by atoms with Crippen LogP contribution in [0.1, 0.15) is 28.8 Å². The van der Waals surface area contributed by atoms with E-state index < -0.39 is 5.97 Å². The predicted octanol–water partition coefficient (Wildman–Crippen LogP) is 2.57. The third-order valence-corrected chi connectivity index (χ3v) is 3.48. The smallest absolute Gasteiger partial charge is 0.337 e. The monoisotopic (exact) mass is 286 g/mol. The number of carboxylic acid groups (broad SMARTS) is 1. The Hall–Kier alpha value is -2.48. The lowest BCUT2D eigenvalue weighted by Gasteiger charge is -2.22. The quantitative estimate of drug-likeness (QED) is 0.817. The summed E-state index contributed by atoms with van der Waals surface area (Å²) in [5, 5.41) is 11.9. The second-order valence-electron chi connectivity index (χ2n) is 5.26. The van der Waals surface area contributed by atoms with Gasteiger partial charge in [0.1, 0.15) is 0 Å². The van der Waals surface area contributed by atoms with E-state index in [1.165, 1.54) is 6.07 Å². The van der Waals surface area contributed by atoms with Crippen molar-refractivity contribution in [2.24, 2.45) is 5.92 Å². The number of carbonyl (C=O) groups excluding carboxylic acids is 1. The molecule has 0 spiro atoms. The van der Waals surface area contributed by atoms with E-state index in [-0.39, 0.29) is 18.1 Å². The molecule has 0 aromatic heterocycles. The fourth-order valence-electron chi connectivity index (χ4n) is 2.14. The van der Waals surface area contributed by atoms with Gasteiger partial charge in [0.2, 0.25) is 0 Å². The molecule has 1 saturated carbocycles. The zero-order chi connectivity index (χ0) is 15.4. The summed E-state index contributed by atoms with van der Waals surface area (Å²) in [7, 11) is 0. The molecule has 0 radical (unpaired) electrons. The summed E-state index contributed by atoms with van der Waals surface area (Å²) >= 11 is 0. The first-order valence-electron chi connectivity index (χ1n) is 6.85. The van der Waals surface area contributed by atoms with Crippen molar-refractivity contribution < 1.29 is 14.7 Å². The highest BCUT2D eigenvalue weighted by Crippen LogP contribution is 2.30. The largest absolute Gasteiger partial charge is 0.478 e. The first kappa shape index (κ1) is 14.9. The molecule has 110 valence electrons. The molecule has 2 N–H and O–H groups in total. The fraction of sp³-hybridized carbons (Fsp3) is 0.375. The van der Waals surface area contributed by atoms with Crippen LogP contribution in [-0.2, 0) is 0 Å². The average Bonchev–Trinajstić information content (AvgIpc) is 3.24. The van der Waals surface area contributed by atoms with Crippen LogP contribution in [0.4, 0.5) is 10.5 Å². The third kappa shape index (κ3) is 3.76. The maximum absolute atomic E-state index is 12.3. The first-order chi connectivity index (χ1) is 10.0. The van der Waals surface area contributed by atoms with Gasteiger partial charge in [0.15, 0.2) is 0 Å². The lowest BCUT2D eigenvalue weighted by Crippen LogP contribution is -2.37. The van der Waals surface area contributed by atoms with E-state index in [1.807, 2.05) is 0 Å². The van der Waals surface area contributed by atoms with Crippen molar-refractivity contribution in [2.75, 3.05) is 18.4 Å². The number of carbonyl (C=O) groups is 2. The number of amides is 2. The summed E-state index contributed by atoms with van der Waals surface area (Å²) < 4.78 is 0. The molecule has 0 saturated heterocycles. The molecule has 1 fully saturated rings. The number of nitrogens with zero attached hydrogens (tertiary/aromatic N) is 1. The normalized spacial score (nSPS) is 13.3. The summed E-state index contributed by atoms with van der Waals surface area (Å²) in [4.78, 5) is 25.1. The van der Waals surface area contributed by atoms with E-state index in [2.05, 4.69) is 11.2 Å². The Morgan fingerprint density at radius 2 is 2.19 bits per heavy atom. The van der Waals surface area contributed by atoms with Crippen molar-refractivity contribution >= 4 is 17.7 Å². The zero-order valence-electron chi connectivity index (χ0n) is 11.9. The van der Waals surface area contributed by atoms with Gasteiger partial charge < -0.3 is 15.3 Å². The van der Waals surface area contributed by atoms with Crippen LogP contribution in [0.5, 0.6) is 0 Å². The van der Waals surface area contributed by atoms with Crippen LogP contribution in [0.25, 0.3) is 0 Å². The standard InChI is InChI=1S/C16H18N2O3/c1-3-9-18(10-12-7-8-12)16(21)17-14-11(2)5-4-6-13(14)15(19)20/h1,4-6,12H,7-10H2,2H3,(H,17,21)(H,19,20). The molecule has 0 heterocycles. The van der Waals surface area contributed by atoms with Crippen molar-refractivity contribution in [3.05, 3.63) is 29.3 Å². The van der Waals surface area contributed by atoms with Crippen molar-refractivity contribution in [3.63, 3.8) is 0 Å². The number of hydrogen-bond acceptors (Lipinski definition) is 2.